The zero-order valence-corrected chi connectivity index (χ0v) is 12.7. The van der Waals surface area contributed by atoms with Crippen molar-refractivity contribution in [2.24, 2.45) is 5.73 Å². The molecule has 0 spiro atoms. The monoisotopic (exact) mass is 301 g/mol. The Kier molecular flexibility index (Phi) is 16.6. The van der Waals surface area contributed by atoms with E-state index in [-0.39, 0.29) is 5.91 Å². The highest BCUT2D eigenvalue weighted by Crippen LogP contribution is 2.08. The molecular formula is C15H27NO5. The van der Waals surface area contributed by atoms with E-state index < -0.39 is 11.9 Å². The first-order valence-electron chi connectivity index (χ1n) is 7.32. The van der Waals surface area contributed by atoms with Gasteiger partial charge in [-0.25, -0.2) is 9.59 Å². The summed E-state index contributed by atoms with van der Waals surface area (Å²) in [6.07, 6.45) is 11.8. The molecule has 0 rings (SSSR count). The van der Waals surface area contributed by atoms with E-state index in [9.17, 15) is 14.4 Å². The first-order chi connectivity index (χ1) is 9.90. The highest BCUT2D eigenvalue weighted by molar-refractivity contribution is 5.89. The predicted octanol–water partition coefficient (Wildman–Crippen LogP) is 2.71. The van der Waals surface area contributed by atoms with Gasteiger partial charge in [-0.15, -0.1) is 0 Å². The Labute approximate surface area is 126 Å². The van der Waals surface area contributed by atoms with Crippen molar-refractivity contribution < 1.29 is 24.6 Å². The lowest BCUT2D eigenvalue weighted by molar-refractivity contribution is -0.134. The molecule has 0 atom stereocenters. The molecule has 0 radical (unpaired) electrons. The molecule has 4 N–H and O–H groups in total. The predicted molar refractivity (Wildman–Crippen MR) is 80.8 cm³/mol. The van der Waals surface area contributed by atoms with Gasteiger partial charge in [0, 0.05) is 18.6 Å². The van der Waals surface area contributed by atoms with Crippen LogP contribution in [0.15, 0.2) is 12.2 Å². The summed E-state index contributed by atoms with van der Waals surface area (Å²) in [5.41, 5.74) is 5.03. The number of aliphatic carboxylic acids is 2. The van der Waals surface area contributed by atoms with Crippen molar-refractivity contribution in [1.82, 2.24) is 0 Å². The second-order valence-corrected chi connectivity index (χ2v) is 4.70. The molecule has 6 heteroatoms. The molecular weight excluding hydrogens is 274 g/mol. The summed E-state index contributed by atoms with van der Waals surface area (Å²) in [6.45, 7) is 2.23. The Hall–Kier alpha value is -1.85. The zero-order chi connectivity index (χ0) is 16.5. The smallest absolute Gasteiger partial charge is 0.328 e. The summed E-state index contributed by atoms with van der Waals surface area (Å²) in [6, 6.07) is 0. The molecule has 0 unspecified atom stereocenters. The number of carbonyl (C=O) groups is 3. The van der Waals surface area contributed by atoms with Crippen LogP contribution in [-0.2, 0) is 14.4 Å². The molecule has 0 aliphatic carbocycles. The topological polar surface area (TPSA) is 118 Å². The molecule has 0 saturated carbocycles. The molecule has 0 fully saturated rings. The van der Waals surface area contributed by atoms with E-state index in [0.29, 0.717) is 18.6 Å². The van der Waals surface area contributed by atoms with Crippen LogP contribution in [0, 0.1) is 0 Å². The molecule has 0 aromatic heterocycles. The molecule has 0 heterocycles. The maximum atomic E-state index is 10.4. The van der Waals surface area contributed by atoms with E-state index in [1.54, 1.807) is 0 Å². The van der Waals surface area contributed by atoms with E-state index in [2.05, 4.69) is 6.92 Å². The van der Waals surface area contributed by atoms with Crippen LogP contribution in [0.1, 0.15) is 64.7 Å². The number of primary amides is 1. The number of carbonyl (C=O) groups excluding carboxylic acids is 1. The van der Waals surface area contributed by atoms with E-state index in [4.69, 9.17) is 15.9 Å². The number of nitrogens with two attached hydrogens (primary N) is 1. The average Bonchev–Trinajstić information content (AvgIpc) is 2.40. The molecule has 0 aromatic rings. The van der Waals surface area contributed by atoms with Crippen LogP contribution in [0.2, 0.25) is 0 Å². The quantitative estimate of drug-likeness (QED) is 0.400. The summed E-state index contributed by atoms with van der Waals surface area (Å²) >= 11 is 0. The lowest BCUT2D eigenvalue weighted by Crippen LogP contribution is -2.09. The van der Waals surface area contributed by atoms with Crippen LogP contribution in [0.4, 0.5) is 0 Å². The zero-order valence-electron chi connectivity index (χ0n) is 12.7. The van der Waals surface area contributed by atoms with Crippen LogP contribution < -0.4 is 5.73 Å². The maximum absolute atomic E-state index is 10.4. The Morgan fingerprint density at radius 3 is 1.52 bits per heavy atom. The highest BCUT2D eigenvalue weighted by Gasteiger charge is 1.94. The van der Waals surface area contributed by atoms with E-state index >= 15 is 0 Å². The standard InChI is InChI=1S/C11H23NO.C4H4O4/c1-2-3-4-5-6-7-8-9-10-11(12)13;5-3(6)1-2-4(7)8/h2-10H2,1H3,(H2,12,13);1-2H,(H,5,6)(H,7,8)/b;2-1-. The Balaban J connectivity index is 0. The largest absolute Gasteiger partial charge is 0.478 e. The fraction of sp³-hybridized carbons (Fsp3) is 0.667. The molecule has 0 aromatic carbocycles. The number of rotatable bonds is 11. The van der Waals surface area contributed by atoms with Crippen molar-refractivity contribution in [1.29, 1.82) is 0 Å². The molecule has 1 amide bonds. The molecule has 21 heavy (non-hydrogen) atoms. The van der Waals surface area contributed by atoms with Gasteiger partial charge in [-0.2, -0.15) is 0 Å². The third-order valence-electron chi connectivity index (χ3n) is 2.65. The van der Waals surface area contributed by atoms with Gasteiger partial charge in [-0.1, -0.05) is 51.9 Å². The van der Waals surface area contributed by atoms with Crippen LogP contribution in [0.25, 0.3) is 0 Å². The Morgan fingerprint density at radius 1 is 0.810 bits per heavy atom. The lowest BCUT2D eigenvalue weighted by Gasteiger charge is -1.99. The summed E-state index contributed by atoms with van der Waals surface area (Å²) in [5, 5.41) is 15.6. The Bertz CT molecular complexity index is 310. The van der Waals surface area contributed by atoms with Gasteiger partial charge < -0.3 is 15.9 Å². The molecule has 6 nitrogen and oxygen atoms in total. The van der Waals surface area contributed by atoms with Crippen molar-refractivity contribution in [2.75, 3.05) is 0 Å². The molecule has 0 saturated heterocycles. The van der Waals surface area contributed by atoms with Gasteiger partial charge in [-0.3, -0.25) is 4.79 Å². The number of hydrogen-bond acceptors (Lipinski definition) is 3. The Morgan fingerprint density at radius 2 is 1.19 bits per heavy atom. The van der Waals surface area contributed by atoms with Crippen LogP contribution >= 0.6 is 0 Å². The van der Waals surface area contributed by atoms with Crippen molar-refractivity contribution in [3.8, 4) is 0 Å². The van der Waals surface area contributed by atoms with Crippen LogP contribution in [-0.4, -0.2) is 28.1 Å². The van der Waals surface area contributed by atoms with Crippen molar-refractivity contribution in [3.63, 3.8) is 0 Å². The first kappa shape index (κ1) is 21.4. The van der Waals surface area contributed by atoms with Gasteiger partial charge in [0.2, 0.25) is 5.91 Å². The lowest BCUT2D eigenvalue weighted by atomic mass is 10.1. The van der Waals surface area contributed by atoms with E-state index in [0.717, 1.165) is 12.8 Å². The highest BCUT2D eigenvalue weighted by atomic mass is 16.4. The second-order valence-electron chi connectivity index (χ2n) is 4.70. The summed E-state index contributed by atoms with van der Waals surface area (Å²) < 4.78 is 0. The van der Waals surface area contributed by atoms with Crippen molar-refractivity contribution in [2.45, 2.75) is 64.7 Å². The average molecular weight is 301 g/mol. The number of carboxylic acid groups (broad SMARTS) is 2. The number of unbranched alkanes of at least 4 members (excludes halogenated alkanes) is 7. The minimum atomic E-state index is -1.26. The van der Waals surface area contributed by atoms with Crippen molar-refractivity contribution >= 4 is 17.8 Å². The van der Waals surface area contributed by atoms with Crippen LogP contribution in [0.5, 0.6) is 0 Å². The molecule has 122 valence electrons. The number of hydrogen-bond donors (Lipinski definition) is 3. The molecule has 0 bridgehead atoms. The fourth-order valence-electron chi connectivity index (χ4n) is 1.58. The third-order valence-corrected chi connectivity index (χ3v) is 2.65. The van der Waals surface area contributed by atoms with Crippen molar-refractivity contribution in [3.05, 3.63) is 12.2 Å². The van der Waals surface area contributed by atoms with Crippen LogP contribution in [0.3, 0.4) is 0 Å². The van der Waals surface area contributed by atoms with Gasteiger partial charge in [0.25, 0.3) is 0 Å². The maximum Gasteiger partial charge on any atom is 0.328 e. The SMILES string of the molecule is CCCCCCCCCCC(N)=O.O=C(O)/C=C\C(=O)O. The fourth-order valence-corrected chi connectivity index (χ4v) is 1.58. The molecule has 0 aliphatic rings. The van der Waals surface area contributed by atoms with Gasteiger partial charge >= 0.3 is 11.9 Å². The van der Waals surface area contributed by atoms with Gasteiger partial charge in [0.15, 0.2) is 0 Å². The first-order valence-corrected chi connectivity index (χ1v) is 7.32. The van der Waals surface area contributed by atoms with Gasteiger partial charge in [0.1, 0.15) is 0 Å². The minimum absolute atomic E-state index is 0.161. The number of amides is 1. The van der Waals surface area contributed by atoms with Gasteiger partial charge in [0.05, 0.1) is 0 Å². The minimum Gasteiger partial charge on any atom is -0.478 e. The van der Waals surface area contributed by atoms with E-state index in [1.807, 2.05) is 0 Å². The van der Waals surface area contributed by atoms with Gasteiger partial charge in [-0.05, 0) is 6.42 Å². The third kappa shape index (κ3) is 27.4. The summed E-state index contributed by atoms with van der Waals surface area (Å²) in [5.74, 6) is -2.68. The summed E-state index contributed by atoms with van der Waals surface area (Å²) in [4.78, 5) is 29.5. The van der Waals surface area contributed by atoms with E-state index in [1.165, 1.54) is 38.5 Å². The molecule has 0 aliphatic heterocycles. The normalized spacial score (nSPS) is 9.95. The summed E-state index contributed by atoms with van der Waals surface area (Å²) in [7, 11) is 0. The second kappa shape index (κ2) is 16.2. The number of carboxylic acids is 2.